The molecule has 1 saturated carbocycles. The summed E-state index contributed by atoms with van der Waals surface area (Å²) in [4.78, 5) is 26.2. The molecule has 2 aromatic carbocycles. The van der Waals surface area contributed by atoms with Gasteiger partial charge in [-0.2, -0.15) is 0 Å². The van der Waals surface area contributed by atoms with Crippen molar-refractivity contribution in [3.05, 3.63) is 71.8 Å². The molecule has 0 bridgehead atoms. The van der Waals surface area contributed by atoms with Gasteiger partial charge in [0.1, 0.15) is 42.7 Å². The molecule has 16 nitrogen and oxygen atoms in total. The molecule has 3 heterocycles. The number of nitrogens with zero attached hydrogens (tertiary/aromatic N) is 1. The molecule has 2 aromatic rings. The van der Waals surface area contributed by atoms with Crippen LogP contribution in [0.1, 0.15) is 69.4 Å². The first kappa shape index (κ1) is 49.3. The van der Waals surface area contributed by atoms with Gasteiger partial charge in [0.2, 0.25) is 5.91 Å². The van der Waals surface area contributed by atoms with E-state index in [9.17, 15) is 35.1 Å². The molecule has 1 aliphatic carbocycles. The molecule has 4 aliphatic rings. The van der Waals surface area contributed by atoms with Gasteiger partial charge in [0.25, 0.3) is 0 Å². The van der Waals surface area contributed by atoms with Crippen molar-refractivity contribution >= 4 is 11.9 Å². The van der Waals surface area contributed by atoms with E-state index in [0.717, 1.165) is 43.2 Å². The zero-order valence-electron chi connectivity index (χ0n) is 32.7. The number of aliphatic hydroxyl groups excluding tert-OH is 9. The van der Waals surface area contributed by atoms with Crippen LogP contribution in [0, 0.1) is 11.8 Å². The van der Waals surface area contributed by atoms with E-state index >= 15 is 0 Å². The molecule has 13 atom stereocenters. The first-order chi connectivity index (χ1) is 26.6. The van der Waals surface area contributed by atoms with Crippen LogP contribution in [0.15, 0.2) is 60.7 Å². The summed E-state index contributed by atoms with van der Waals surface area (Å²) in [5.41, 5.74) is 1.99. The minimum absolute atomic E-state index is 0. The maximum Gasteiger partial charge on any atom is 1.00 e. The Hall–Kier alpha value is -2.10. The number of rotatable bonds is 9. The summed E-state index contributed by atoms with van der Waals surface area (Å²) < 4.78 is 14.9. The van der Waals surface area contributed by atoms with Crippen LogP contribution < -0.4 is 34.7 Å². The number of carboxylic acids is 1. The van der Waals surface area contributed by atoms with Crippen molar-refractivity contribution in [3.63, 3.8) is 0 Å². The first-order valence-electron chi connectivity index (χ1n) is 19.3. The summed E-state index contributed by atoms with van der Waals surface area (Å²) >= 11 is 0. The molecule has 0 aromatic heterocycles. The summed E-state index contributed by atoms with van der Waals surface area (Å²) in [7, 11) is 0. The summed E-state index contributed by atoms with van der Waals surface area (Å²) in [6.45, 7) is 3.94. The van der Waals surface area contributed by atoms with Crippen LogP contribution in [-0.4, -0.2) is 156 Å². The third kappa shape index (κ3) is 13.4. The number of benzene rings is 2. The van der Waals surface area contributed by atoms with Gasteiger partial charge in [-0.05, 0) is 30.4 Å². The minimum atomic E-state index is -1.67. The van der Waals surface area contributed by atoms with E-state index < -0.39 is 86.2 Å². The molecule has 6 rings (SSSR count). The van der Waals surface area contributed by atoms with E-state index in [0.29, 0.717) is 13.1 Å². The fourth-order valence-electron chi connectivity index (χ4n) is 7.46. The SMILES string of the molecule is CC1CN(C(=O)C(c2ccccc2)c2ccccc2)CC1O.CC1OC(O)C(O)C(O)C1O.O=C([O-])[C@H](CC1CCCCC1)OC1C(O)C(O)OC(CO)C1O.[Na+]. The van der Waals surface area contributed by atoms with Crippen molar-refractivity contribution in [1.82, 2.24) is 4.90 Å². The number of hydrogen-bond donors (Lipinski definition) is 9. The summed E-state index contributed by atoms with van der Waals surface area (Å²) in [6, 6.07) is 19.7. The van der Waals surface area contributed by atoms with E-state index in [-0.39, 0.29) is 59.6 Å². The van der Waals surface area contributed by atoms with Crippen LogP contribution in [-0.2, 0) is 23.8 Å². The average Bonchev–Trinajstić information content (AvgIpc) is 3.54. The van der Waals surface area contributed by atoms with Gasteiger partial charge in [0.05, 0.1) is 36.8 Å². The van der Waals surface area contributed by atoms with Gasteiger partial charge in [-0.3, -0.25) is 4.79 Å². The number of β-amino-alcohol motifs (C(OH)–C–C–N with tert-alkyl or cyclic N) is 1. The Kier molecular flexibility index (Phi) is 20.4. The van der Waals surface area contributed by atoms with Crippen LogP contribution in [0.5, 0.6) is 0 Å². The maximum atomic E-state index is 13.1. The average molecular weight is 816 g/mol. The number of carbonyl (C=O) groups is 2. The monoisotopic (exact) mass is 815 g/mol. The molecule has 17 heteroatoms. The van der Waals surface area contributed by atoms with E-state index in [2.05, 4.69) is 4.74 Å². The van der Waals surface area contributed by atoms with Crippen molar-refractivity contribution in [2.24, 2.45) is 11.8 Å². The van der Waals surface area contributed by atoms with Crippen LogP contribution in [0.25, 0.3) is 0 Å². The normalized spacial score (nSPS) is 33.5. The van der Waals surface area contributed by atoms with Crippen LogP contribution in [0.4, 0.5) is 0 Å². The van der Waals surface area contributed by atoms with Gasteiger partial charge in [-0.15, -0.1) is 0 Å². The summed E-state index contributed by atoms with van der Waals surface area (Å²) in [6.07, 6.45) is -9.70. The third-order valence-electron chi connectivity index (χ3n) is 10.9. The fourth-order valence-corrected chi connectivity index (χ4v) is 7.46. The number of carboxylic acid groups (broad SMARTS) is 1. The number of aliphatic carboxylic acids is 1. The van der Waals surface area contributed by atoms with Crippen LogP contribution in [0.3, 0.4) is 0 Å². The number of amides is 1. The molecule has 1 amide bonds. The Morgan fingerprint density at radius 2 is 1.30 bits per heavy atom. The van der Waals surface area contributed by atoms with E-state index in [1.54, 1.807) is 4.90 Å². The van der Waals surface area contributed by atoms with Crippen molar-refractivity contribution in [2.45, 2.75) is 132 Å². The zero-order valence-corrected chi connectivity index (χ0v) is 34.7. The molecule has 9 N–H and O–H groups in total. The van der Waals surface area contributed by atoms with Crippen LogP contribution >= 0.6 is 0 Å². The Labute approximate surface area is 354 Å². The minimum Gasteiger partial charge on any atom is -0.547 e. The molecule has 3 saturated heterocycles. The second-order valence-electron chi connectivity index (χ2n) is 15.1. The Morgan fingerprint density at radius 1 is 0.754 bits per heavy atom. The van der Waals surface area contributed by atoms with Gasteiger partial charge in [-0.1, -0.05) is 99.7 Å². The predicted molar refractivity (Wildman–Crippen MR) is 196 cm³/mol. The van der Waals surface area contributed by atoms with Crippen molar-refractivity contribution in [3.8, 4) is 0 Å². The van der Waals surface area contributed by atoms with E-state index in [4.69, 9.17) is 35.0 Å². The number of ether oxygens (including phenoxy) is 3. The van der Waals surface area contributed by atoms with Gasteiger partial charge in [0.15, 0.2) is 12.6 Å². The van der Waals surface area contributed by atoms with Crippen molar-refractivity contribution < 1.29 is 104 Å². The van der Waals surface area contributed by atoms with Crippen LogP contribution in [0.2, 0.25) is 0 Å². The van der Waals surface area contributed by atoms with Crippen molar-refractivity contribution in [1.29, 1.82) is 0 Å². The molecular weight excluding hydrogens is 757 g/mol. The smallest absolute Gasteiger partial charge is 0.547 e. The maximum absolute atomic E-state index is 13.1. The molecule has 314 valence electrons. The molecular formula is C40H58NNaO15. The molecule has 4 fully saturated rings. The summed E-state index contributed by atoms with van der Waals surface area (Å²) in [5, 5.41) is 96.0. The largest absolute Gasteiger partial charge is 1.00 e. The molecule has 12 unspecified atom stereocenters. The first-order valence-corrected chi connectivity index (χ1v) is 19.3. The molecule has 3 aliphatic heterocycles. The Bertz CT molecular complexity index is 1410. The Balaban J connectivity index is 0.000000241. The predicted octanol–water partition coefficient (Wildman–Crippen LogP) is -4.64. The molecule has 0 radical (unpaired) electrons. The molecule has 57 heavy (non-hydrogen) atoms. The second-order valence-corrected chi connectivity index (χ2v) is 15.1. The van der Waals surface area contributed by atoms with Gasteiger partial charge >= 0.3 is 29.6 Å². The van der Waals surface area contributed by atoms with Gasteiger partial charge in [-0.25, -0.2) is 0 Å². The van der Waals surface area contributed by atoms with Gasteiger partial charge < -0.3 is 75.0 Å². The van der Waals surface area contributed by atoms with Crippen molar-refractivity contribution in [2.75, 3.05) is 19.7 Å². The molecule has 0 spiro atoms. The quantitative estimate of drug-likeness (QED) is 0.108. The number of likely N-dealkylation sites (tertiary alicyclic amines) is 1. The number of aliphatic hydroxyl groups is 9. The van der Waals surface area contributed by atoms with E-state index in [1.807, 2.05) is 67.6 Å². The third-order valence-corrected chi connectivity index (χ3v) is 10.9. The second kappa shape index (κ2) is 23.6. The standard InChI is InChI=1S/C19H21NO2.C15H26O8.C6H12O5.Na/c1-14-12-20(13-17(14)21)19(22)18(15-8-4-2-5-9-15)16-10-6-3-7-11-16;16-7-10-11(17)13(12(18)15(21)23-10)22-9(14(19)20)6-8-4-2-1-3-5-8;1-2-3(7)4(8)5(9)6(10)11-2;/h2-11,14,17-18,21H,12-13H2,1H3;8-13,15-18,21H,1-7H2,(H,19,20);2-10H,1H3;/q;;;+1/p-1/t;9-,10?,11?,12?,13?,15?;;/m.0../s1. The summed E-state index contributed by atoms with van der Waals surface area (Å²) in [5.74, 6) is -1.33. The number of carbonyl (C=O) groups excluding carboxylic acids is 2. The Morgan fingerprint density at radius 3 is 1.79 bits per heavy atom. The topological polar surface area (TPSA) is 270 Å². The fraction of sp³-hybridized carbons (Fsp3) is 0.650. The van der Waals surface area contributed by atoms with E-state index in [1.165, 1.54) is 6.92 Å². The zero-order chi connectivity index (χ0) is 41.1. The number of hydrogen-bond acceptors (Lipinski definition) is 15. The van der Waals surface area contributed by atoms with Gasteiger partial charge in [0, 0.05) is 19.0 Å².